The van der Waals surface area contributed by atoms with Gasteiger partial charge >= 0.3 is 0 Å². The van der Waals surface area contributed by atoms with Crippen molar-refractivity contribution in [1.82, 2.24) is 20.3 Å². The van der Waals surface area contributed by atoms with E-state index < -0.39 is 0 Å². The maximum atomic E-state index is 8.98. The Balaban J connectivity index is 1.82. The molecule has 0 aliphatic carbocycles. The molecule has 3 heterocycles. The van der Waals surface area contributed by atoms with Crippen molar-refractivity contribution in [1.29, 1.82) is 0 Å². The fraction of sp³-hybridized carbons (Fsp3) is 0.412. The number of imidazole rings is 1. The van der Waals surface area contributed by atoms with E-state index in [2.05, 4.69) is 38.5 Å². The normalized spacial score (nSPS) is 18.2. The molecule has 0 bridgehead atoms. The van der Waals surface area contributed by atoms with Crippen molar-refractivity contribution in [2.24, 2.45) is 0 Å². The molecule has 120 valence electrons. The number of aromatic amines is 1. The summed E-state index contributed by atoms with van der Waals surface area (Å²) in [6.45, 7) is 2.26. The molecule has 1 atom stereocenters. The first-order valence-corrected chi connectivity index (χ1v) is 8.15. The van der Waals surface area contributed by atoms with Crippen LogP contribution in [0.2, 0.25) is 0 Å². The van der Waals surface area contributed by atoms with Crippen molar-refractivity contribution >= 4 is 27.8 Å². The molecule has 1 aliphatic heterocycles. The highest BCUT2D eigenvalue weighted by Gasteiger charge is 2.18. The Morgan fingerprint density at radius 3 is 3.00 bits per heavy atom. The molecule has 6 heteroatoms. The summed E-state index contributed by atoms with van der Waals surface area (Å²) in [5.41, 5.74) is 10.0. The summed E-state index contributed by atoms with van der Waals surface area (Å²) < 4.78 is 0. The molecule has 3 aromatic rings. The Bertz CT molecular complexity index is 851. The summed E-state index contributed by atoms with van der Waals surface area (Å²) in [4.78, 5) is 12.5. The van der Waals surface area contributed by atoms with E-state index in [0.717, 1.165) is 47.3 Å². The first-order chi connectivity index (χ1) is 11.3. The SMILES string of the molecule is Nc1nc2cc(C3CCNC3)ccc2c2nc(CCCO)[nH]c12. The number of nitrogens with zero attached hydrogens (tertiary/aromatic N) is 2. The molecule has 1 fully saturated rings. The second-order valence-corrected chi connectivity index (χ2v) is 6.20. The number of pyridine rings is 1. The molecule has 0 radical (unpaired) electrons. The Morgan fingerprint density at radius 1 is 1.30 bits per heavy atom. The molecule has 1 saturated heterocycles. The minimum atomic E-state index is 0.157. The maximum Gasteiger partial charge on any atom is 0.150 e. The molecule has 0 spiro atoms. The number of nitrogens with one attached hydrogen (secondary N) is 2. The van der Waals surface area contributed by atoms with Crippen LogP contribution in [0.25, 0.3) is 21.9 Å². The first kappa shape index (κ1) is 14.4. The van der Waals surface area contributed by atoms with Crippen LogP contribution in [0.1, 0.15) is 30.1 Å². The van der Waals surface area contributed by atoms with E-state index in [1.807, 2.05) is 0 Å². The van der Waals surface area contributed by atoms with Gasteiger partial charge < -0.3 is 21.1 Å². The lowest BCUT2D eigenvalue weighted by Gasteiger charge is -2.10. The van der Waals surface area contributed by atoms with E-state index >= 15 is 0 Å². The number of aliphatic hydroxyl groups is 1. The van der Waals surface area contributed by atoms with Gasteiger partial charge in [0.25, 0.3) is 0 Å². The fourth-order valence-corrected chi connectivity index (χ4v) is 3.39. The minimum Gasteiger partial charge on any atom is -0.396 e. The number of aliphatic hydroxyl groups excluding tert-OH is 1. The van der Waals surface area contributed by atoms with Crippen molar-refractivity contribution in [2.45, 2.75) is 25.2 Å². The molecule has 4 rings (SSSR count). The summed E-state index contributed by atoms with van der Waals surface area (Å²) in [5, 5.41) is 13.4. The Morgan fingerprint density at radius 2 is 2.22 bits per heavy atom. The molecule has 0 amide bonds. The molecular formula is C17H21N5O. The molecular weight excluding hydrogens is 290 g/mol. The summed E-state index contributed by atoms with van der Waals surface area (Å²) in [6, 6.07) is 6.43. The molecule has 6 nitrogen and oxygen atoms in total. The zero-order chi connectivity index (χ0) is 15.8. The summed E-state index contributed by atoms with van der Waals surface area (Å²) in [6.07, 6.45) is 2.55. The zero-order valence-electron chi connectivity index (χ0n) is 13.0. The molecule has 23 heavy (non-hydrogen) atoms. The average molecular weight is 311 g/mol. The quantitative estimate of drug-likeness (QED) is 0.587. The highest BCUT2D eigenvalue weighted by atomic mass is 16.2. The second kappa shape index (κ2) is 5.79. The molecule has 1 aliphatic rings. The lowest BCUT2D eigenvalue weighted by atomic mass is 9.97. The minimum absolute atomic E-state index is 0.157. The van der Waals surface area contributed by atoms with Crippen LogP contribution in [0, 0.1) is 0 Å². The van der Waals surface area contributed by atoms with Gasteiger partial charge in [-0.05, 0) is 36.9 Å². The third-order valence-corrected chi connectivity index (χ3v) is 4.63. The van der Waals surface area contributed by atoms with Crippen molar-refractivity contribution in [3.63, 3.8) is 0 Å². The van der Waals surface area contributed by atoms with Crippen molar-refractivity contribution in [3.8, 4) is 0 Å². The number of benzene rings is 1. The van der Waals surface area contributed by atoms with Crippen LogP contribution < -0.4 is 11.1 Å². The van der Waals surface area contributed by atoms with E-state index in [9.17, 15) is 0 Å². The molecule has 0 saturated carbocycles. The standard InChI is InChI=1S/C17H21N5O/c18-17-16-15(21-14(22-16)2-1-7-23)12-4-3-10(8-13(12)20-17)11-5-6-19-9-11/h3-4,8,11,19,23H,1-2,5-7,9H2,(H2,18,20)(H,21,22). The number of aryl methyl sites for hydroxylation is 1. The van der Waals surface area contributed by atoms with Crippen molar-refractivity contribution < 1.29 is 5.11 Å². The van der Waals surface area contributed by atoms with Gasteiger partial charge in [0.15, 0.2) is 0 Å². The van der Waals surface area contributed by atoms with Gasteiger partial charge in [0.2, 0.25) is 0 Å². The van der Waals surface area contributed by atoms with E-state index in [1.54, 1.807) is 0 Å². The van der Waals surface area contributed by atoms with Crippen molar-refractivity contribution in [2.75, 3.05) is 25.4 Å². The largest absolute Gasteiger partial charge is 0.396 e. The smallest absolute Gasteiger partial charge is 0.150 e. The second-order valence-electron chi connectivity index (χ2n) is 6.20. The number of aromatic nitrogens is 3. The number of hydrogen-bond donors (Lipinski definition) is 4. The molecule has 5 N–H and O–H groups in total. The van der Waals surface area contributed by atoms with Gasteiger partial charge in [0, 0.05) is 25.0 Å². The number of H-pyrrole nitrogens is 1. The summed E-state index contributed by atoms with van der Waals surface area (Å²) >= 11 is 0. The predicted molar refractivity (Wildman–Crippen MR) is 91.4 cm³/mol. The van der Waals surface area contributed by atoms with E-state index in [1.165, 1.54) is 5.56 Å². The van der Waals surface area contributed by atoms with Gasteiger partial charge in [-0.15, -0.1) is 0 Å². The van der Waals surface area contributed by atoms with Crippen LogP contribution >= 0.6 is 0 Å². The summed E-state index contributed by atoms with van der Waals surface area (Å²) in [7, 11) is 0. The van der Waals surface area contributed by atoms with Crippen molar-refractivity contribution in [3.05, 3.63) is 29.6 Å². The van der Waals surface area contributed by atoms with Crippen LogP contribution in [-0.2, 0) is 6.42 Å². The fourth-order valence-electron chi connectivity index (χ4n) is 3.39. The monoisotopic (exact) mass is 311 g/mol. The average Bonchev–Trinajstić information content (AvgIpc) is 3.22. The lowest BCUT2D eigenvalue weighted by Crippen LogP contribution is -2.08. The highest BCUT2D eigenvalue weighted by Crippen LogP contribution is 2.30. The Labute approximate surface area is 134 Å². The molecule has 2 aromatic heterocycles. The number of anilines is 1. The van der Waals surface area contributed by atoms with E-state index in [0.29, 0.717) is 24.6 Å². The number of hydrogen-bond acceptors (Lipinski definition) is 5. The van der Waals surface area contributed by atoms with Gasteiger partial charge in [0.05, 0.1) is 5.52 Å². The number of rotatable bonds is 4. The highest BCUT2D eigenvalue weighted by molar-refractivity contribution is 6.06. The first-order valence-electron chi connectivity index (χ1n) is 8.15. The summed E-state index contributed by atoms with van der Waals surface area (Å²) in [5.74, 6) is 1.88. The number of nitrogens with two attached hydrogens (primary N) is 1. The van der Waals surface area contributed by atoms with Gasteiger partial charge in [-0.3, -0.25) is 0 Å². The Hall–Kier alpha value is -2.18. The number of fused-ring (bicyclic) bond motifs is 3. The Kier molecular flexibility index (Phi) is 3.63. The molecule has 1 aromatic carbocycles. The van der Waals surface area contributed by atoms with Crippen LogP contribution in [0.4, 0.5) is 5.82 Å². The lowest BCUT2D eigenvalue weighted by molar-refractivity contribution is 0.287. The van der Waals surface area contributed by atoms with Crippen LogP contribution in [-0.4, -0.2) is 39.8 Å². The maximum absolute atomic E-state index is 8.98. The van der Waals surface area contributed by atoms with Gasteiger partial charge in [0.1, 0.15) is 22.7 Å². The predicted octanol–water partition coefficient (Wildman–Crippen LogP) is 1.70. The van der Waals surface area contributed by atoms with E-state index in [-0.39, 0.29) is 6.61 Å². The van der Waals surface area contributed by atoms with Crippen LogP contribution in [0.15, 0.2) is 18.2 Å². The topological polar surface area (TPSA) is 99.8 Å². The van der Waals surface area contributed by atoms with Crippen LogP contribution in [0.5, 0.6) is 0 Å². The zero-order valence-corrected chi connectivity index (χ0v) is 13.0. The molecule has 1 unspecified atom stereocenters. The van der Waals surface area contributed by atoms with Gasteiger partial charge in [-0.25, -0.2) is 9.97 Å². The third-order valence-electron chi connectivity index (χ3n) is 4.63. The third kappa shape index (κ3) is 2.54. The van der Waals surface area contributed by atoms with E-state index in [4.69, 9.17) is 10.8 Å². The van der Waals surface area contributed by atoms with Gasteiger partial charge in [-0.2, -0.15) is 0 Å². The van der Waals surface area contributed by atoms with Gasteiger partial charge in [-0.1, -0.05) is 12.1 Å². The number of nitrogen functional groups attached to an aromatic ring is 1. The van der Waals surface area contributed by atoms with Crippen LogP contribution in [0.3, 0.4) is 0 Å².